The molecule has 0 radical (unpaired) electrons. The highest BCUT2D eigenvalue weighted by Crippen LogP contribution is 2.43. The van der Waals surface area contributed by atoms with E-state index >= 15 is 0 Å². The van der Waals surface area contributed by atoms with Crippen molar-refractivity contribution in [3.63, 3.8) is 0 Å². The van der Waals surface area contributed by atoms with Crippen LogP contribution in [0.15, 0.2) is 70.6 Å². The largest absolute Gasteiger partial charge is 0.383 e. The number of rotatable bonds is 5. The zero-order valence-electron chi connectivity index (χ0n) is 18.6. The Balaban J connectivity index is 1.69. The molecule has 180 valence electrons. The number of fused-ring (bicyclic) bond motifs is 1. The van der Waals surface area contributed by atoms with Crippen molar-refractivity contribution in [2.24, 2.45) is 15.7 Å². The molecule has 0 amide bonds. The minimum Gasteiger partial charge on any atom is -0.383 e. The first-order chi connectivity index (χ1) is 16.7. The number of benzene rings is 2. The Hall–Kier alpha value is -3.86. The number of halogens is 2. The van der Waals surface area contributed by atoms with Gasteiger partial charge in [0.15, 0.2) is 11.5 Å². The summed E-state index contributed by atoms with van der Waals surface area (Å²) in [5.41, 5.74) is 7.10. The SMILES string of the molecule is CS(=O)(=O)Oc1ccc(C2(c3cccc(-c4ccc(F)nc4F)c3)N=C(N)N3CCCN=C32)cc1. The molecular formula is C24H21F2N5O3S. The molecule has 8 nitrogen and oxygen atoms in total. The third-order valence-corrected chi connectivity index (χ3v) is 6.36. The average molecular weight is 498 g/mol. The molecule has 0 aliphatic carbocycles. The van der Waals surface area contributed by atoms with Gasteiger partial charge in [-0.3, -0.25) is 9.89 Å². The summed E-state index contributed by atoms with van der Waals surface area (Å²) in [5, 5.41) is 0. The summed E-state index contributed by atoms with van der Waals surface area (Å²) in [7, 11) is -3.70. The summed E-state index contributed by atoms with van der Waals surface area (Å²) < 4.78 is 55.9. The molecule has 2 aromatic carbocycles. The fourth-order valence-electron chi connectivity index (χ4n) is 4.44. The van der Waals surface area contributed by atoms with Crippen molar-refractivity contribution in [1.29, 1.82) is 0 Å². The number of guanidine groups is 1. The van der Waals surface area contributed by atoms with Gasteiger partial charge in [0.05, 0.1) is 6.26 Å². The van der Waals surface area contributed by atoms with Gasteiger partial charge in [-0.1, -0.05) is 30.3 Å². The fraction of sp³-hybridized carbons (Fsp3) is 0.208. The second kappa shape index (κ2) is 8.42. The van der Waals surface area contributed by atoms with Crippen molar-refractivity contribution in [2.75, 3.05) is 19.3 Å². The maximum atomic E-state index is 14.5. The molecule has 0 fully saturated rings. The van der Waals surface area contributed by atoms with Gasteiger partial charge in [0, 0.05) is 18.7 Å². The van der Waals surface area contributed by atoms with Gasteiger partial charge in [0.25, 0.3) is 0 Å². The molecule has 1 unspecified atom stereocenters. The molecule has 0 saturated carbocycles. The van der Waals surface area contributed by atoms with Crippen LogP contribution < -0.4 is 9.92 Å². The highest BCUT2D eigenvalue weighted by Gasteiger charge is 2.49. The van der Waals surface area contributed by atoms with Crippen molar-refractivity contribution >= 4 is 21.9 Å². The van der Waals surface area contributed by atoms with E-state index in [0.717, 1.165) is 18.7 Å². The first-order valence-electron chi connectivity index (χ1n) is 10.8. The molecule has 0 bridgehead atoms. The van der Waals surface area contributed by atoms with Gasteiger partial charge in [0.2, 0.25) is 11.9 Å². The van der Waals surface area contributed by atoms with Crippen LogP contribution in [-0.4, -0.2) is 49.4 Å². The summed E-state index contributed by atoms with van der Waals surface area (Å²) in [5.74, 6) is -0.773. The molecule has 2 N–H and O–H groups in total. The van der Waals surface area contributed by atoms with E-state index in [4.69, 9.17) is 19.9 Å². The van der Waals surface area contributed by atoms with Gasteiger partial charge in [-0.2, -0.15) is 22.2 Å². The van der Waals surface area contributed by atoms with E-state index in [2.05, 4.69) is 4.98 Å². The molecular weight excluding hydrogens is 476 g/mol. The van der Waals surface area contributed by atoms with E-state index in [0.29, 0.717) is 41.6 Å². The maximum Gasteiger partial charge on any atom is 0.306 e. The van der Waals surface area contributed by atoms with E-state index < -0.39 is 27.6 Å². The predicted octanol–water partition coefficient (Wildman–Crippen LogP) is 3.04. The molecule has 0 saturated heterocycles. The quantitative estimate of drug-likeness (QED) is 0.429. The molecule has 2 aliphatic heterocycles. The number of hydrogen-bond acceptors (Lipinski definition) is 8. The third kappa shape index (κ3) is 4.12. The molecule has 1 aromatic heterocycles. The van der Waals surface area contributed by atoms with Crippen molar-refractivity contribution < 1.29 is 21.4 Å². The van der Waals surface area contributed by atoms with Crippen LogP contribution in [0, 0.1) is 11.9 Å². The van der Waals surface area contributed by atoms with E-state index in [1.54, 1.807) is 30.3 Å². The molecule has 1 atom stereocenters. The lowest BCUT2D eigenvalue weighted by Gasteiger charge is -2.33. The number of amidine groups is 1. The van der Waals surface area contributed by atoms with E-state index in [9.17, 15) is 17.2 Å². The van der Waals surface area contributed by atoms with Gasteiger partial charge < -0.3 is 9.92 Å². The normalized spacial score (nSPS) is 19.7. The molecule has 3 aromatic rings. The topological polar surface area (TPSA) is 110 Å². The number of nitrogens with two attached hydrogens (primary N) is 1. The van der Waals surface area contributed by atoms with Gasteiger partial charge >= 0.3 is 10.1 Å². The first kappa shape index (κ1) is 22.9. The zero-order chi connectivity index (χ0) is 24.8. The minimum absolute atomic E-state index is 0.137. The van der Waals surface area contributed by atoms with Crippen LogP contribution in [0.25, 0.3) is 11.1 Å². The molecule has 0 spiro atoms. The Morgan fingerprint density at radius 2 is 1.83 bits per heavy atom. The highest BCUT2D eigenvalue weighted by atomic mass is 32.2. The average Bonchev–Trinajstić information content (AvgIpc) is 3.12. The van der Waals surface area contributed by atoms with Crippen molar-refractivity contribution in [2.45, 2.75) is 12.0 Å². The van der Waals surface area contributed by atoms with E-state index in [1.807, 2.05) is 11.0 Å². The number of hydrogen-bond donors (Lipinski definition) is 1. The number of aliphatic imine (C=N–C) groups is 2. The molecule has 35 heavy (non-hydrogen) atoms. The van der Waals surface area contributed by atoms with Crippen LogP contribution in [-0.2, 0) is 15.7 Å². The molecule has 3 heterocycles. The fourth-order valence-corrected chi connectivity index (χ4v) is 4.90. The van der Waals surface area contributed by atoms with Crippen molar-refractivity contribution in [3.05, 3.63) is 83.7 Å². The van der Waals surface area contributed by atoms with Gasteiger partial charge in [0.1, 0.15) is 11.6 Å². The van der Waals surface area contributed by atoms with E-state index in [1.165, 1.54) is 18.2 Å². The van der Waals surface area contributed by atoms with Crippen LogP contribution in [0.3, 0.4) is 0 Å². The lowest BCUT2D eigenvalue weighted by molar-refractivity contribution is 0.492. The van der Waals surface area contributed by atoms with Gasteiger partial charge in [-0.15, -0.1) is 0 Å². The van der Waals surface area contributed by atoms with Crippen molar-refractivity contribution in [1.82, 2.24) is 9.88 Å². The number of aromatic nitrogens is 1. The Labute approximate surface area is 200 Å². The minimum atomic E-state index is -3.70. The zero-order valence-corrected chi connectivity index (χ0v) is 19.5. The van der Waals surface area contributed by atoms with Crippen LogP contribution >= 0.6 is 0 Å². The summed E-state index contributed by atoms with van der Waals surface area (Å²) in [4.78, 5) is 14.7. The Kier molecular flexibility index (Phi) is 5.51. The summed E-state index contributed by atoms with van der Waals surface area (Å²) in [6, 6.07) is 15.9. The second-order valence-corrected chi connectivity index (χ2v) is 9.83. The standard InChI is InChI=1S/C24H21F2N5O3S/c1-35(32,33)34-18-8-6-16(7-9-18)24(22-28-12-3-13-31(22)23(27)30-24)17-5-2-4-15(14-17)19-10-11-20(25)29-21(19)26/h2,4-11,14H,3,12-13H2,1H3,(H2,27,30). The summed E-state index contributed by atoms with van der Waals surface area (Å²) in [6.07, 6.45) is 1.78. The van der Waals surface area contributed by atoms with Gasteiger partial charge in [-0.25, -0.2) is 4.99 Å². The van der Waals surface area contributed by atoms with Crippen LogP contribution in [0.5, 0.6) is 5.75 Å². The van der Waals surface area contributed by atoms with Crippen LogP contribution in [0.1, 0.15) is 17.5 Å². The lowest BCUT2D eigenvalue weighted by Crippen LogP contribution is -2.46. The smallest absolute Gasteiger partial charge is 0.306 e. The molecule has 5 rings (SSSR count). The predicted molar refractivity (Wildman–Crippen MR) is 128 cm³/mol. The maximum absolute atomic E-state index is 14.5. The van der Waals surface area contributed by atoms with E-state index in [-0.39, 0.29) is 11.3 Å². The summed E-state index contributed by atoms with van der Waals surface area (Å²) in [6.45, 7) is 1.23. The number of nitrogens with zero attached hydrogens (tertiary/aromatic N) is 4. The lowest BCUT2D eigenvalue weighted by atomic mass is 9.81. The molecule has 11 heteroatoms. The van der Waals surface area contributed by atoms with Crippen LogP contribution in [0.2, 0.25) is 0 Å². The Morgan fingerprint density at radius 1 is 1.06 bits per heavy atom. The third-order valence-electron chi connectivity index (χ3n) is 5.87. The molecule has 2 aliphatic rings. The highest BCUT2D eigenvalue weighted by molar-refractivity contribution is 7.86. The second-order valence-electron chi connectivity index (χ2n) is 8.26. The van der Waals surface area contributed by atoms with Crippen molar-refractivity contribution in [3.8, 4) is 16.9 Å². The van der Waals surface area contributed by atoms with Crippen LogP contribution in [0.4, 0.5) is 8.78 Å². The number of pyridine rings is 1. The Morgan fingerprint density at radius 3 is 2.54 bits per heavy atom. The van der Waals surface area contributed by atoms with Gasteiger partial charge in [-0.05, 0) is 53.4 Å². The Bertz CT molecular complexity index is 1470. The summed E-state index contributed by atoms with van der Waals surface area (Å²) >= 11 is 0. The monoisotopic (exact) mass is 497 g/mol. The first-order valence-corrected chi connectivity index (χ1v) is 12.6.